The molecule has 0 atom stereocenters. The van der Waals surface area contributed by atoms with Gasteiger partial charge < -0.3 is 0 Å². The smallest absolute Gasteiger partial charge is 0.166 e. The number of halogens is 4. The van der Waals surface area contributed by atoms with Gasteiger partial charge in [0.05, 0.1) is 0 Å². The van der Waals surface area contributed by atoms with Crippen LogP contribution in [0.3, 0.4) is 0 Å². The Balaban J connectivity index is 1.40. The third kappa shape index (κ3) is 5.59. The summed E-state index contributed by atoms with van der Waals surface area (Å²) >= 11 is 0. The first-order valence-corrected chi connectivity index (χ1v) is 12.3. The normalized spacial score (nSPS) is 18.7. The molecule has 0 N–H and O–H groups in total. The summed E-state index contributed by atoms with van der Waals surface area (Å²) in [6, 6.07) is 10.6. The van der Waals surface area contributed by atoms with Gasteiger partial charge >= 0.3 is 0 Å². The van der Waals surface area contributed by atoms with Crippen molar-refractivity contribution < 1.29 is 17.6 Å². The zero-order valence-corrected chi connectivity index (χ0v) is 19.3. The molecule has 0 aliphatic heterocycles. The van der Waals surface area contributed by atoms with Crippen LogP contribution in [0.2, 0.25) is 0 Å². The number of aryl methyl sites for hydroxylation is 1. The number of benzene rings is 3. The minimum absolute atomic E-state index is 0.0948. The maximum Gasteiger partial charge on any atom is 0.166 e. The summed E-state index contributed by atoms with van der Waals surface area (Å²) in [5.74, 6) is -1.73. The highest BCUT2D eigenvalue weighted by Crippen LogP contribution is 2.38. The molecule has 176 valence electrons. The van der Waals surface area contributed by atoms with E-state index in [2.05, 4.69) is 6.92 Å². The molecule has 0 aromatic heterocycles. The molecule has 0 unspecified atom stereocenters. The fourth-order valence-electron chi connectivity index (χ4n) is 5.30. The maximum absolute atomic E-state index is 14.9. The Bertz CT molecular complexity index is 1070. The summed E-state index contributed by atoms with van der Waals surface area (Å²) in [5.41, 5.74) is 1.71. The second-order valence-corrected chi connectivity index (χ2v) is 9.59. The first kappa shape index (κ1) is 23.8. The van der Waals surface area contributed by atoms with Gasteiger partial charge in [-0.05, 0) is 85.1 Å². The minimum Gasteiger partial charge on any atom is -0.207 e. The zero-order chi connectivity index (χ0) is 23.4. The first-order valence-electron chi connectivity index (χ1n) is 12.3. The quantitative estimate of drug-likeness (QED) is 0.234. The Labute approximate surface area is 194 Å². The SMILES string of the molecule is CCCCCC1CCC(c2cc(F)c(CCc3ccc4c(F)c(F)ccc4c3)c(F)c2)CC1. The molecule has 0 amide bonds. The van der Waals surface area contributed by atoms with E-state index >= 15 is 0 Å². The molecule has 0 spiro atoms. The summed E-state index contributed by atoms with van der Waals surface area (Å²) in [4.78, 5) is 0. The average Bonchev–Trinajstić information content (AvgIpc) is 2.81. The van der Waals surface area contributed by atoms with E-state index in [1.54, 1.807) is 12.1 Å². The van der Waals surface area contributed by atoms with Crippen molar-refractivity contribution in [3.05, 3.63) is 82.4 Å². The van der Waals surface area contributed by atoms with Gasteiger partial charge in [0.1, 0.15) is 11.6 Å². The van der Waals surface area contributed by atoms with Gasteiger partial charge in [-0.15, -0.1) is 0 Å². The van der Waals surface area contributed by atoms with Gasteiger partial charge in [-0.2, -0.15) is 0 Å². The first-order chi connectivity index (χ1) is 16.0. The lowest BCUT2D eigenvalue weighted by Crippen LogP contribution is -2.14. The summed E-state index contributed by atoms with van der Waals surface area (Å²) in [6.45, 7) is 2.22. The average molecular weight is 457 g/mol. The monoisotopic (exact) mass is 456 g/mol. The predicted molar refractivity (Wildman–Crippen MR) is 126 cm³/mol. The second-order valence-electron chi connectivity index (χ2n) is 9.59. The van der Waals surface area contributed by atoms with E-state index in [4.69, 9.17) is 0 Å². The van der Waals surface area contributed by atoms with Crippen molar-refractivity contribution in [3.63, 3.8) is 0 Å². The standard InChI is InChI=1S/C29H32F4/c1-2-3-4-5-19-6-10-21(11-7-19)23-17-27(31)25(28(32)18-23)14-9-20-8-13-24-22(16-20)12-15-26(30)29(24)33/h8,12-13,15-19,21H,2-7,9-11,14H2,1H3. The number of hydrogen-bond donors (Lipinski definition) is 0. The zero-order valence-electron chi connectivity index (χ0n) is 19.3. The minimum atomic E-state index is -0.885. The van der Waals surface area contributed by atoms with Gasteiger partial charge in [-0.3, -0.25) is 0 Å². The molecule has 4 rings (SSSR count). The largest absolute Gasteiger partial charge is 0.207 e. The third-order valence-corrected chi connectivity index (χ3v) is 7.33. The van der Waals surface area contributed by atoms with Crippen molar-refractivity contribution in [1.82, 2.24) is 0 Å². The van der Waals surface area contributed by atoms with E-state index in [0.29, 0.717) is 11.8 Å². The third-order valence-electron chi connectivity index (χ3n) is 7.33. The van der Waals surface area contributed by atoms with E-state index in [1.807, 2.05) is 0 Å². The highest BCUT2D eigenvalue weighted by atomic mass is 19.2. The van der Waals surface area contributed by atoms with Gasteiger partial charge in [0.25, 0.3) is 0 Å². The van der Waals surface area contributed by atoms with Gasteiger partial charge in [-0.1, -0.05) is 56.9 Å². The molecule has 0 nitrogen and oxygen atoms in total. The van der Waals surface area contributed by atoms with Gasteiger partial charge in [0.2, 0.25) is 0 Å². The molecule has 33 heavy (non-hydrogen) atoms. The van der Waals surface area contributed by atoms with Crippen LogP contribution in [0.5, 0.6) is 0 Å². The molecule has 0 saturated heterocycles. The summed E-state index contributed by atoms with van der Waals surface area (Å²) in [5, 5.41) is 0.786. The van der Waals surface area contributed by atoms with Crippen LogP contribution in [0.4, 0.5) is 17.6 Å². The van der Waals surface area contributed by atoms with Crippen molar-refractivity contribution in [2.24, 2.45) is 5.92 Å². The van der Waals surface area contributed by atoms with Crippen LogP contribution in [0.25, 0.3) is 10.8 Å². The van der Waals surface area contributed by atoms with Crippen LogP contribution in [-0.2, 0) is 12.8 Å². The van der Waals surface area contributed by atoms with E-state index in [-0.39, 0.29) is 23.3 Å². The van der Waals surface area contributed by atoms with E-state index in [0.717, 1.165) is 48.8 Å². The topological polar surface area (TPSA) is 0 Å². The highest BCUT2D eigenvalue weighted by molar-refractivity contribution is 5.83. The van der Waals surface area contributed by atoms with Crippen LogP contribution in [0, 0.1) is 29.2 Å². The fourth-order valence-corrected chi connectivity index (χ4v) is 5.30. The number of unbranched alkanes of at least 4 members (excludes halogenated alkanes) is 2. The Kier molecular flexibility index (Phi) is 7.72. The van der Waals surface area contributed by atoms with Crippen LogP contribution < -0.4 is 0 Å². The van der Waals surface area contributed by atoms with Crippen LogP contribution in [0.1, 0.15) is 80.9 Å². The summed E-state index contributed by atoms with van der Waals surface area (Å²) in [7, 11) is 0. The van der Waals surface area contributed by atoms with Crippen molar-refractivity contribution in [2.75, 3.05) is 0 Å². The maximum atomic E-state index is 14.9. The van der Waals surface area contributed by atoms with Crippen LogP contribution in [0.15, 0.2) is 42.5 Å². The second kappa shape index (κ2) is 10.7. The van der Waals surface area contributed by atoms with E-state index < -0.39 is 23.3 Å². The Morgan fingerprint density at radius 3 is 2.18 bits per heavy atom. The highest BCUT2D eigenvalue weighted by Gasteiger charge is 2.24. The molecule has 1 aliphatic rings. The molecule has 4 heteroatoms. The van der Waals surface area contributed by atoms with Crippen LogP contribution >= 0.6 is 0 Å². The summed E-state index contributed by atoms with van der Waals surface area (Å²) < 4.78 is 57.0. The van der Waals surface area contributed by atoms with Crippen molar-refractivity contribution in [2.45, 2.75) is 77.0 Å². The molecule has 1 saturated carbocycles. The number of hydrogen-bond acceptors (Lipinski definition) is 0. The lowest BCUT2D eigenvalue weighted by Gasteiger charge is -2.29. The predicted octanol–water partition coefficient (Wildman–Crippen LogP) is 9.04. The van der Waals surface area contributed by atoms with Crippen molar-refractivity contribution in [1.29, 1.82) is 0 Å². The molecule has 3 aromatic rings. The van der Waals surface area contributed by atoms with E-state index in [9.17, 15) is 17.6 Å². The molecule has 1 fully saturated rings. The van der Waals surface area contributed by atoms with Crippen molar-refractivity contribution >= 4 is 10.8 Å². The van der Waals surface area contributed by atoms with Gasteiger partial charge in [0.15, 0.2) is 11.6 Å². The van der Waals surface area contributed by atoms with Crippen molar-refractivity contribution in [3.8, 4) is 0 Å². The lowest BCUT2D eigenvalue weighted by atomic mass is 9.77. The number of fused-ring (bicyclic) bond motifs is 1. The van der Waals surface area contributed by atoms with Crippen LogP contribution in [-0.4, -0.2) is 0 Å². The molecular formula is C29H32F4. The molecule has 3 aromatic carbocycles. The lowest BCUT2D eigenvalue weighted by molar-refractivity contribution is 0.302. The van der Waals surface area contributed by atoms with Gasteiger partial charge in [0, 0.05) is 10.9 Å². The molecule has 0 radical (unpaired) electrons. The molecular weight excluding hydrogens is 424 g/mol. The fraction of sp³-hybridized carbons (Fsp3) is 0.448. The van der Waals surface area contributed by atoms with E-state index in [1.165, 1.54) is 49.9 Å². The Morgan fingerprint density at radius 1 is 0.758 bits per heavy atom. The number of rotatable bonds is 8. The van der Waals surface area contributed by atoms with Gasteiger partial charge in [-0.25, -0.2) is 17.6 Å². The molecule has 1 aliphatic carbocycles. The summed E-state index contributed by atoms with van der Waals surface area (Å²) in [6.07, 6.45) is 10.0. The molecule has 0 bridgehead atoms. The molecule has 0 heterocycles. The Morgan fingerprint density at radius 2 is 1.48 bits per heavy atom. The Hall–Kier alpha value is -2.36.